The van der Waals surface area contributed by atoms with Gasteiger partial charge in [-0.05, 0) is 13.0 Å². The molecular weight excluding hydrogens is 253 g/mol. The van der Waals surface area contributed by atoms with E-state index >= 15 is 0 Å². The topological polar surface area (TPSA) is 24.9 Å². The maximum Gasteiger partial charge on any atom is 0.416 e. The molecule has 6 heteroatoms. The third-order valence-corrected chi connectivity index (χ3v) is 2.70. The van der Waals surface area contributed by atoms with Crippen LogP contribution in [0.3, 0.4) is 0 Å². The van der Waals surface area contributed by atoms with Crippen LogP contribution in [-0.2, 0) is 6.42 Å². The van der Waals surface area contributed by atoms with Crippen LogP contribution in [0.2, 0.25) is 5.15 Å². The molecule has 2 rings (SSSR count). The van der Waals surface area contributed by atoms with Crippen molar-refractivity contribution >= 4 is 22.9 Å². The molecule has 92 valence electrons. The second kappa shape index (κ2) is 4.22. The lowest BCUT2D eigenvalue weighted by atomic mass is 10.1. The summed E-state index contributed by atoms with van der Waals surface area (Å²) in [5, 5.41) is 3.09. The van der Waals surface area contributed by atoms with Crippen LogP contribution >= 0.6 is 11.6 Å². The summed E-state index contributed by atoms with van der Waals surface area (Å²) in [4.78, 5) is 3.93. The molecule has 0 bridgehead atoms. The van der Waals surface area contributed by atoms with E-state index in [1.807, 2.05) is 6.92 Å². The Bertz CT molecular complexity index is 480. The van der Waals surface area contributed by atoms with Gasteiger partial charge in [0.2, 0.25) is 0 Å². The zero-order valence-electron chi connectivity index (χ0n) is 9.03. The minimum Gasteiger partial charge on any atom is -0.385 e. The summed E-state index contributed by atoms with van der Waals surface area (Å²) in [6.45, 7) is 2.34. The lowest BCUT2D eigenvalue weighted by Crippen LogP contribution is -2.12. The third-order valence-electron chi connectivity index (χ3n) is 2.50. The molecule has 0 spiro atoms. The molecule has 0 atom stereocenters. The molecule has 0 saturated heterocycles. The largest absolute Gasteiger partial charge is 0.416 e. The van der Waals surface area contributed by atoms with Crippen molar-refractivity contribution in [3.05, 3.63) is 28.6 Å². The molecule has 1 aliphatic carbocycles. The smallest absolute Gasteiger partial charge is 0.385 e. The number of anilines is 1. The lowest BCUT2D eigenvalue weighted by molar-refractivity contribution is -0.0687. The highest BCUT2D eigenvalue weighted by molar-refractivity contribution is 6.29. The zero-order valence-corrected chi connectivity index (χ0v) is 9.78. The summed E-state index contributed by atoms with van der Waals surface area (Å²) in [7, 11) is 0. The van der Waals surface area contributed by atoms with Crippen LogP contribution in [0.15, 0.2) is 12.1 Å². The van der Waals surface area contributed by atoms with Crippen LogP contribution in [0.5, 0.6) is 0 Å². The van der Waals surface area contributed by atoms with Gasteiger partial charge in [-0.2, -0.15) is 13.2 Å². The fourth-order valence-corrected chi connectivity index (χ4v) is 2.11. The van der Waals surface area contributed by atoms with Gasteiger partial charge in [-0.15, -0.1) is 0 Å². The second-order valence-electron chi connectivity index (χ2n) is 3.66. The van der Waals surface area contributed by atoms with Crippen molar-refractivity contribution in [1.82, 2.24) is 4.98 Å². The number of hydrogen-bond donors (Lipinski definition) is 1. The highest BCUT2D eigenvalue weighted by atomic mass is 35.5. The van der Waals surface area contributed by atoms with Gasteiger partial charge in [0.15, 0.2) is 0 Å². The number of fused-ring (bicyclic) bond motifs is 1. The molecule has 0 radical (unpaired) electrons. The van der Waals surface area contributed by atoms with Crippen molar-refractivity contribution in [3.63, 3.8) is 0 Å². The number of alkyl halides is 3. The van der Waals surface area contributed by atoms with Crippen LogP contribution < -0.4 is 5.32 Å². The molecule has 0 aliphatic heterocycles. The van der Waals surface area contributed by atoms with Crippen molar-refractivity contribution in [2.75, 3.05) is 11.9 Å². The molecule has 2 nitrogen and oxygen atoms in total. The van der Waals surface area contributed by atoms with Crippen LogP contribution in [0, 0.1) is 0 Å². The molecule has 0 amide bonds. The minimum atomic E-state index is -4.36. The van der Waals surface area contributed by atoms with E-state index < -0.39 is 11.7 Å². The summed E-state index contributed by atoms with van der Waals surface area (Å²) in [6, 6.07) is 1.43. The predicted octanol–water partition coefficient (Wildman–Crippen LogP) is 3.67. The van der Waals surface area contributed by atoms with Crippen LogP contribution in [-0.4, -0.2) is 17.7 Å². The number of nitrogens with zero attached hydrogens (tertiary/aromatic N) is 1. The summed E-state index contributed by atoms with van der Waals surface area (Å²) >= 11 is 5.77. The number of pyridine rings is 1. The molecule has 0 fully saturated rings. The van der Waals surface area contributed by atoms with Gasteiger partial charge in [-0.25, -0.2) is 4.98 Å². The van der Waals surface area contributed by atoms with E-state index in [4.69, 9.17) is 11.6 Å². The van der Waals surface area contributed by atoms with E-state index in [-0.39, 0.29) is 17.1 Å². The number of hydrogen-bond acceptors (Lipinski definition) is 2. The summed E-state index contributed by atoms with van der Waals surface area (Å²) in [6.07, 6.45) is -3.04. The summed E-state index contributed by atoms with van der Waals surface area (Å²) < 4.78 is 38.4. The van der Waals surface area contributed by atoms with Crippen LogP contribution in [0.1, 0.15) is 18.2 Å². The van der Waals surface area contributed by atoms with Gasteiger partial charge in [-0.1, -0.05) is 17.7 Å². The predicted molar refractivity (Wildman–Crippen MR) is 61.1 cm³/mol. The zero-order chi connectivity index (χ0) is 12.6. The van der Waals surface area contributed by atoms with Gasteiger partial charge in [-0.3, -0.25) is 0 Å². The van der Waals surface area contributed by atoms with Crippen molar-refractivity contribution < 1.29 is 13.2 Å². The Balaban J connectivity index is 2.54. The van der Waals surface area contributed by atoms with Gasteiger partial charge in [0.25, 0.3) is 0 Å². The normalized spacial score (nSPS) is 14.5. The van der Waals surface area contributed by atoms with Crippen molar-refractivity contribution in [1.29, 1.82) is 0 Å². The summed E-state index contributed by atoms with van der Waals surface area (Å²) in [5.41, 5.74) is 0.265. The summed E-state index contributed by atoms with van der Waals surface area (Å²) in [5.74, 6) is 0. The molecule has 0 unspecified atom stereocenters. The highest BCUT2D eigenvalue weighted by Gasteiger charge is 2.39. The van der Waals surface area contributed by atoms with Crippen molar-refractivity contribution in [2.24, 2.45) is 0 Å². The first-order valence-corrected chi connectivity index (χ1v) is 5.52. The van der Waals surface area contributed by atoms with Gasteiger partial charge < -0.3 is 5.32 Å². The Morgan fingerprint density at radius 3 is 2.76 bits per heavy atom. The fraction of sp³-hybridized carbons (Fsp3) is 0.364. The molecule has 1 aliphatic rings. The number of rotatable bonds is 2. The molecule has 17 heavy (non-hydrogen) atoms. The van der Waals surface area contributed by atoms with Crippen LogP contribution in [0.4, 0.5) is 18.9 Å². The third kappa shape index (κ3) is 2.24. The highest BCUT2D eigenvalue weighted by Crippen LogP contribution is 2.43. The molecule has 1 N–H and O–H groups in total. The Morgan fingerprint density at radius 2 is 2.18 bits per heavy atom. The van der Waals surface area contributed by atoms with Crippen molar-refractivity contribution in [3.8, 4) is 0 Å². The number of halogens is 4. The maximum absolute atomic E-state index is 12.8. The molecular formula is C11H10ClF3N2. The second-order valence-corrected chi connectivity index (χ2v) is 4.05. The Hall–Kier alpha value is -1.23. The van der Waals surface area contributed by atoms with E-state index in [2.05, 4.69) is 10.3 Å². The Labute approximate surface area is 101 Å². The molecule has 1 heterocycles. The van der Waals surface area contributed by atoms with Crippen LogP contribution in [0.25, 0.3) is 5.57 Å². The molecule has 0 saturated carbocycles. The molecule has 1 aromatic rings. The fourth-order valence-electron chi connectivity index (χ4n) is 1.90. The average Bonchev–Trinajstić information content (AvgIpc) is 2.60. The standard InChI is InChI=1S/C11H10ClF3N2/c1-2-16-8-5-9(12)17-7-4-3-6(10(7)8)11(13,14)15/h3,5H,2,4H2,1H3,(H,16,17). The lowest BCUT2D eigenvalue weighted by Gasteiger charge is -2.15. The maximum atomic E-state index is 12.8. The van der Waals surface area contributed by atoms with Gasteiger partial charge in [0.05, 0.1) is 11.3 Å². The molecule has 0 aromatic carbocycles. The minimum absolute atomic E-state index is 0.128. The van der Waals surface area contributed by atoms with E-state index in [1.54, 1.807) is 0 Å². The van der Waals surface area contributed by atoms with E-state index in [0.717, 1.165) is 6.08 Å². The van der Waals surface area contributed by atoms with Gasteiger partial charge >= 0.3 is 6.18 Å². The number of nitrogens with one attached hydrogen (secondary N) is 1. The molecule has 1 aromatic heterocycles. The SMILES string of the molecule is CCNc1cc(Cl)nc2c1C(C(F)(F)F)=CC2. The van der Waals surface area contributed by atoms with E-state index in [9.17, 15) is 13.2 Å². The first kappa shape index (κ1) is 12.2. The van der Waals surface area contributed by atoms with E-state index in [0.29, 0.717) is 17.9 Å². The number of allylic oxidation sites excluding steroid dienone is 2. The van der Waals surface area contributed by atoms with Gasteiger partial charge in [0.1, 0.15) is 5.15 Å². The quantitative estimate of drug-likeness (QED) is 0.823. The number of aromatic nitrogens is 1. The monoisotopic (exact) mass is 262 g/mol. The first-order chi connectivity index (χ1) is 7.93. The van der Waals surface area contributed by atoms with E-state index in [1.165, 1.54) is 6.07 Å². The van der Waals surface area contributed by atoms with Crippen molar-refractivity contribution in [2.45, 2.75) is 19.5 Å². The Morgan fingerprint density at radius 1 is 1.47 bits per heavy atom. The average molecular weight is 263 g/mol. The van der Waals surface area contributed by atoms with Gasteiger partial charge in [0, 0.05) is 24.2 Å². The Kier molecular flexibility index (Phi) is 3.03. The first-order valence-electron chi connectivity index (χ1n) is 5.14.